The van der Waals surface area contributed by atoms with Gasteiger partial charge in [0.15, 0.2) is 0 Å². The van der Waals surface area contributed by atoms with Gasteiger partial charge >= 0.3 is 5.97 Å². The second-order valence-electron chi connectivity index (χ2n) is 4.21. The van der Waals surface area contributed by atoms with Gasteiger partial charge in [-0.15, -0.1) is 0 Å². The number of carboxylic acids is 1. The molecular weight excluding hydrogens is 242 g/mol. The molecular formula is C14H11N3O2. The Hall–Kier alpha value is -2.69. The smallest absolute Gasteiger partial charge is 0.336 e. The highest BCUT2D eigenvalue weighted by molar-refractivity contribution is 6.02. The third-order valence-electron chi connectivity index (χ3n) is 2.97. The van der Waals surface area contributed by atoms with E-state index in [9.17, 15) is 4.79 Å². The molecule has 1 N–H and O–H groups in total. The molecule has 5 heteroatoms. The van der Waals surface area contributed by atoms with Crippen LogP contribution in [0.1, 0.15) is 15.9 Å². The van der Waals surface area contributed by atoms with Crippen LogP contribution in [0.4, 0.5) is 0 Å². The van der Waals surface area contributed by atoms with Gasteiger partial charge in [-0.3, -0.25) is 9.67 Å². The first-order valence-corrected chi connectivity index (χ1v) is 5.82. The van der Waals surface area contributed by atoms with Crippen molar-refractivity contribution < 1.29 is 9.90 Å². The summed E-state index contributed by atoms with van der Waals surface area (Å²) in [5.41, 5.74) is 2.10. The van der Waals surface area contributed by atoms with Crippen molar-refractivity contribution >= 4 is 16.9 Å². The Kier molecular flexibility index (Phi) is 2.72. The van der Waals surface area contributed by atoms with Gasteiger partial charge in [0.25, 0.3) is 0 Å². The van der Waals surface area contributed by atoms with Gasteiger partial charge in [-0.25, -0.2) is 4.79 Å². The lowest BCUT2D eigenvalue weighted by molar-refractivity contribution is 0.0699. The summed E-state index contributed by atoms with van der Waals surface area (Å²) in [6.45, 7) is 0.570. The van der Waals surface area contributed by atoms with Gasteiger partial charge in [0.05, 0.1) is 23.8 Å². The number of rotatable bonds is 3. The molecule has 2 aromatic heterocycles. The number of nitrogens with zero attached hydrogens (tertiary/aromatic N) is 3. The average molecular weight is 253 g/mol. The number of aromatic nitrogens is 3. The number of benzene rings is 1. The van der Waals surface area contributed by atoms with Crippen molar-refractivity contribution in [1.29, 1.82) is 0 Å². The maximum atomic E-state index is 11.1. The molecule has 5 nitrogen and oxygen atoms in total. The van der Waals surface area contributed by atoms with Gasteiger partial charge in [0.2, 0.25) is 0 Å². The van der Waals surface area contributed by atoms with Crippen molar-refractivity contribution in [2.45, 2.75) is 6.54 Å². The van der Waals surface area contributed by atoms with Gasteiger partial charge in [-0.05, 0) is 23.8 Å². The van der Waals surface area contributed by atoms with Crippen molar-refractivity contribution in [2.75, 3.05) is 0 Å². The van der Waals surface area contributed by atoms with Crippen LogP contribution in [0.15, 0.2) is 48.9 Å². The molecule has 0 spiro atoms. The monoisotopic (exact) mass is 253 g/mol. The largest absolute Gasteiger partial charge is 0.478 e. The van der Waals surface area contributed by atoms with E-state index in [4.69, 9.17) is 5.11 Å². The topological polar surface area (TPSA) is 68.0 Å². The zero-order valence-electron chi connectivity index (χ0n) is 10.0. The molecule has 0 aliphatic carbocycles. The molecule has 3 rings (SSSR count). The van der Waals surface area contributed by atoms with E-state index in [0.29, 0.717) is 11.9 Å². The Labute approximate surface area is 109 Å². The molecule has 0 radical (unpaired) electrons. The van der Waals surface area contributed by atoms with Crippen molar-refractivity contribution in [2.24, 2.45) is 0 Å². The summed E-state index contributed by atoms with van der Waals surface area (Å²) in [5.74, 6) is -0.938. The number of hydrogen-bond acceptors (Lipinski definition) is 3. The molecule has 0 saturated carbocycles. The van der Waals surface area contributed by atoms with Crippen molar-refractivity contribution in [3.8, 4) is 0 Å². The Bertz CT molecular complexity index is 735. The minimum absolute atomic E-state index is 0.273. The van der Waals surface area contributed by atoms with Crippen LogP contribution < -0.4 is 0 Å². The van der Waals surface area contributed by atoms with E-state index in [0.717, 1.165) is 11.1 Å². The van der Waals surface area contributed by atoms with Gasteiger partial charge in [-0.1, -0.05) is 12.1 Å². The van der Waals surface area contributed by atoms with E-state index in [1.807, 2.05) is 18.2 Å². The molecule has 0 saturated heterocycles. The maximum Gasteiger partial charge on any atom is 0.336 e. The molecule has 19 heavy (non-hydrogen) atoms. The highest BCUT2D eigenvalue weighted by Crippen LogP contribution is 2.19. The first-order valence-electron chi connectivity index (χ1n) is 5.82. The van der Waals surface area contributed by atoms with E-state index in [-0.39, 0.29) is 5.56 Å². The quantitative estimate of drug-likeness (QED) is 0.776. The molecule has 0 fully saturated rings. The zero-order valence-corrected chi connectivity index (χ0v) is 10.0. The van der Waals surface area contributed by atoms with Crippen molar-refractivity contribution in [3.05, 3.63) is 60.0 Å². The number of hydrogen-bond donors (Lipinski definition) is 1. The fraction of sp³-hybridized carbons (Fsp3) is 0.0714. The zero-order chi connectivity index (χ0) is 13.2. The third-order valence-corrected chi connectivity index (χ3v) is 2.97. The number of carbonyl (C=O) groups is 1. The summed E-state index contributed by atoms with van der Waals surface area (Å²) in [4.78, 5) is 15.2. The lowest BCUT2D eigenvalue weighted by Crippen LogP contribution is -2.02. The number of aromatic carboxylic acids is 1. The summed E-state index contributed by atoms with van der Waals surface area (Å²) in [7, 11) is 0. The van der Waals surface area contributed by atoms with Crippen molar-refractivity contribution in [1.82, 2.24) is 14.8 Å². The molecule has 3 aromatic rings. The lowest BCUT2D eigenvalue weighted by Gasteiger charge is -2.03. The molecule has 0 amide bonds. The van der Waals surface area contributed by atoms with E-state index in [2.05, 4.69) is 10.1 Å². The van der Waals surface area contributed by atoms with Gasteiger partial charge in [0, 0.05) is 17.8 Å². The van der Waals surface area contributed by atoms with Crippen LogP contribution in [0.2, 0.25) is 0 Å². The summed E-state index contributed by atoms with van der Waals surface area (Å²) < 4.78 is 1.78. The molecule has 0 aliphatic heterocycles. The third kappa shape index (κ3) is 2.06. The van der Waals surface area contributed by atoms with E-state index >= 15 is 0 Å². The molecule has 2 heterocycles. The minimum Gasteiger partial charge on any atom is -0.478 e. The second-order valence-corrected chi connectivity index (χ2v) is 4.21. The highest BCUT2D eigenvalue weighted by atomic mass is 16.4. The van der Waals surface area contributed by atoms with Crippen LogP contribution in [0.25, 0.3) is 10.9 Å². The standard InChI is InChI=1S/C14H11N3O2/c18-14(19)11-4-1-5-13-12(11)8-16-17(13)9-10-3-2-6-15-7-10/h1-8H,9H2,(H,18,19). The fourth-order valence-electron chi connectivity index (χ4n) is 2.08. The predicted molar refractivity (Wildman–Crippen MR) is 70.0 cm³/mol. The SMILES string of the molecule is O=C(O)c1cccc2c1cnn2Cc1cccnc1. The Morgan fingerprint density at radius 1 is 1.21 bits per heavy atom. The summed E-state index contributed by atoms with van der Waals surface area (Å²) in [6.07, 6.45) is 5.08. The van der Waals surface area contributed by atoms with Crippen molar-refractivity contribution in [3.63, 3.8) is 0 Å². The Morgan fingerprint density at radius 2 is 2.11 bits per heavy atom. The van der Waals surface area contributed by atoms with Crippen LogP contribution in [0.5, 0.6) is 0 Å². The molecule has 1 aromatic carbocycles. The summed E-state index contributed by atoms with van der Waals surface area (Å²) >= 11 is 0. The minimum atomic E-state index is -0.938. The van der Waals surface area contributed by atoms with Gasteiger partial charge in [0.1, 0.15) is 0 Å². The molecule has 0 aliphatic rings. The first kappa shape index (κ1) is 11.4. The van der Waals surface area contributed by atoms with Crippen LogP contribution >= 0.6 is 0 Å². The number of pyridine rings is 1. The lowest BCUT2D eigenvalue weighted by atomic mass is 10.1. The summed E-state index contributed by atoms with van der Waals surface area (Å²) in [6, 6.07) is 9.00. The van der Waals surface area contributed by atoms with Crippen LogP contribution in [-0.2, 0) is 6.54 Å². The maximum absolute atomic E-state index is 11.1. The van der Waals surface area contributed by atoms with E-state index in [1.165, 1.54) is 0 Å². The summed E-state index contributed by atoms with van der Waals surface area (Å²) in [5, 5.41) is 14.0. The van der Waals surface area contributed by atoms with Crippen LogP contribution in [0.3, 0.4) is 0 Å². The van der Waals surface area contributed by atoms with Gasteiger partial charge < -0.3 is 5.11 Å². The predicted octanol–water partition coefficient (Wildman–Crippen LogP) is 2.18. The van der Waals surface area contributed by atoms with Gasteiger partial charge in [-0.2, -0.15) is 5.10 Å². The average Bonchev–Trinajstić information content (AvgIpc) is 2.83. The van der Waals surface area contributed by atoms with Crippen LogP contribution in [0, 0.1) is 0 Å². The molecule has 0 bridgehead atoms. The molecule has 0 unspecified atom stereocenters. The van der Waals surface area contributed by atoms with E-state index in [1.54, 1.807) is 35.4 Å². The van der Waals surface area contributed by atoms with E-state index < -0.39 is 5.97 Å². The number of fused-ring (bicyclic) bond motifs is 1. The molecule has 0 atom stereocenters. The number of carboxylic acid groups (broad SMARTS) is 1. The van der Waals surface area contributed by atoms with Crippen LogP contribution in [-0.4, -0.2) is 25.8 Å². The second kappa shape index (κ2) is 4.53. The Balaban J connectivity index is 2.07. The highest BCUT2D eigenvalue weighted by Gasteiger charge is 2.11. The molecule has 94 valence electrons. The fourth-order valence-corrected chi connectivity index (χ4v) is 2.08. The Morgan fingerprint density at radius 3 is 2.84 bits per heavy atom. The normalized spacial score (nSPS) is 10.7. The first-order chi connectivity index (χ1) is 9.25.